The molecule has 0 unspecified atom stereocenters. The highest BCUT2D eigenvalue weighted by molar-refractivity contribution is 4.99. The highest BCUT2D eigenvalue weighted by Crippen LogP contribution is 2.36. The molecule has 0 saturated carbocycles. The summed E-state index contributed by atoms with van der Waals surface area (Å²) in [6.07, 6.45) is -19.1. The van der Waals surface area contributed by atoms with Gasteiger partial charge in [0.15, 0.2) is 6.29 Å². The van der Waals surface area contributed by atoms with Gasteiger partial charge in [-0.3, -0.25) is 0 Å². The van der Waals surface area contributed by atoms with Crippen LogP contribution in [0, 0.1) is 0 Å². The van der Waals surface area contributed by atoms with E-state index in [2.05, 4.69) is 0 Å². The van der Waals surface area contributed by atoms with Crippen molar-refractivity contribution in [2.24, 2.45) is 0 Å². The lowest BCUT2D eigenvalue weighted by Gasteiger charge is -2.46. The third kappa shape index (κ3) is 4.83. The summed E-state index contributed by atoms with van der Waals surface area (Å²) >= 11 is 0. The molecule has 3 heterocycles. The van der Waals surface area contributed by atoms with Gasteiger partial charge in [-0.2, -0.15) is 0 Å². The molecule has 16 nitrogen and oxygen atoms in total. The van der Waals surface area contributed by atoms with E-state index in [9.17, 15) is 56.2 Å². The van der Waals surface area contributed by atoms with Crippen LogP contribution in [-0.4, -0.2) is 168 Å². The molecule has 11 N–H and O–H groups in total. The molecule has 3 saturated heterocycles. The maximum absolute atomic E-state index is 10.3. The second-order valence-electron chi connectivity index (χ2n) is 8.47. The zero-order valence-electron chi connectivity index (χ0n) is 17.8. The van der Waals surface area contributed by atoms with Crippen molar-refractivity contribution in [2.75, 3.05) is 33.0 Å². The largest absolute Gasteiger partial charge is 0.394 e. The predicted molar refractivity (Wildman–Crippen MR) is 101 cm³/mol. The molecule has 3 rings (SSSR count). The van der Waals surface area contributed by atoms with Gasteiger partial charge in [0.25, 0.3) is 0 Å². The summed E-state index contributed by atoms with van der Waals surface area (Å²) in [4.78, 5) is 0. The maximum Gasteiger partial charge on any atom is 0.224 e. The lowest BCUT2D eigenvalue weighted by Crippen LogP contribution is -2.66. The van der Waals surface area contributed by atoms with Crippen LogP contribution in [0.25, 0.3) is 0 Å². The molecule has 13 atom stereocenters. The van der Waals surface area contributed by atoms with Crippen molar-refractivity contribution in [1.82, 2.24) is 0 Å². The Bertz CT molecular complexity index is 668. The van der Waals surface area contributed by atoms with Gasteiger partial charge in [0, 0.05) is 0 Å². The number of hydrogen-bond donors (Lipinski definition) is 11. The summed E-state index contributed by atoms with van der Waals surface area (Å²) < 4.78 is 26.5. The van der Waals surface area contributed by atoms with Gasteiger partial charge in [-0.1, -0.05) is 0 Å². The minimum atomic E-state index is -2.37. The molecule has 0 radical (unpaired) electrons. The summed E-state index contributed by atoms with van der Waals surface area (Å²) in [7, 11) is 0. The van der Waals surface area contributed by atoms with Crippen molar-refractivity contribution < 1.29 is 79.9 Å². The number of aliphatic hydroxyl groups excluding tert-OH is 11. The van der Waals surface area contributed by atoms with Crippen LogP contribution in [0.3, 0.4) is 0 Å². The standard InChI is InChI=1S/C18H32O16/c19-1-7-11(25)15(29)18(5-21,33-7)34-16-13(27)12(26)10(24)8(32-16)3-31-17(4-20)14(28)9(23)6(22)2-30-17/h6-16,19-29H,1-5H2/t6-,7-,8-,9-,10-,11-,12+,13-,14+,15+,16-,17+,18+/m1/s1. The van der Waals surface area contributed by atoms with E-state index in [0.717, 1.165) is 0 Å². The van der Waals surface area contributed by atoms with Crippen molar-refractivity contribution in [3.8, 4) is 0 Å². The average molecular weight is 504 g/mol. The third-order valence-electron chi connectivity index (χ3n) is 6.27. The minimum Gasteiger partial charge on any atom is -0.394 e. The SMILES string of the molecule is OC[C@H]1O[C@@](CO)(O[C@H]2O[C@H](CO[C@]3(CO)OC[C@@H](O)[C@@H](O)[C@@H]3O)[C@@H](O)[C@H](O)[C@H]2O)[C@@H](O)[C@@H]1O. The van der Waals surface area contributed by atoms with E-state index >= 15 is 0 Å². The van der Waals surface area contributed by atoms with Gasteiger partial charge in [0.1, 0.15) is 74.3 Å². The first-order valence-electron chi connectivity index (χ1n) is 10.5. The topological polar surface area (TPSA) is 269 Å². The second-order valence-corrected chi connectivity index (χ2v) is 8.47. The van der Waals surface area contributed by atoms with E-state index in [-0.39, 0.29) is 0 Å². The van der Waals surface area contributed by atoms with Gasteiger partial charge in [0.2, 0.25) is 11.6 Å². The van der Waals surface area contributed by atoms with Crippen molar-refractivity contribution in [3.63, 3.8) is 0 Å². The normalized spacial score (nSPS) is 52.1. The molecular weight excluding hydrogens is 472 g/mol. The van der Waals surface area contributed by atoms with E-state index in [1.165, 1.54) is 0 Å². The highest BCUT2D eigenvalue weighted by atomic mass is 16.8. The van der Waals surface area contributed by atoms with Gasteiger partial charge in [-0.15, -0.1) is 0 Å². The molecule has 16 heteroatoms. The third-order valence-corrected chi connectivity index (χ3v) is 6.27. The van der Waals surface area contributed by atoms with Crippen molar-refractivity contribution in [1.29, 1.82) is 0 Å². The molecule has 3 aliphatic heterocycles. The van der Waals surface area contributed by atoms with Crippen LogP contribution >= 0.6 is 0 Å². The monoisotopic (exact) mass is 504 g/mol. The fraction of sp³-hybridized carbons (Fsp3) is 1.00. The van der Waals surface area contributed by atoms with E-state index in [0.29, 0.717) is 0 Å². The van der Waals surface area contributed by atoms with Gasteiger partial charge < -0.3 is 79.9 Å². The summed E-state index contributed by atoms with van der Waals surface area (Å²) in [5, 5.41) is 109. The summed E-state index contributed by atoms with van der Waals surface area (Å²) in [6, 6.07) is 0. The summed E-state index contributed by atoms with van der Waals surface area (Å²) in [5.74, 6) is -4.60. The molecule has 0 amide bonds. The van der Waals surface area contributed by atoms with Crippen LogP contribution < -0.4 is 0 Å². The lowest BCUT2D eigenvalue weighted by molar-refractivity contribution is -0.395. The Balaban J connectivity index is 1.74. The number of rotatable bonds is 8. The highest BCUT2D eigenvalue weighted by Gasteiger charge is 2.59. The molecular formula is C18H32O16. The number of hydrogen-bond acceptors (Lipinski definition) is 16. The lowest BCUT2D eigenvalue weighted by atomic mass is 9.96. The van der Waals surface area contributed by atoms with Gasteiger partial charge in [0.05, 0.1) is 19.8 Å². The number of ether oxygens (including phenoxy) is 5. The quantitative estimate of drug-likeness (QED) is 0.146. The van der Waals surface area contributed by atoms with Crippen LogP contribution in [0.2, 0.25) is 0 Å². The maximum atomic E-state index is 10.3. The van der Waals surface area contributed by atoms with Crippen LogP contribution in [0.15, 0.2) is 0 Å². The molecule has 0 aromatic carbocycles. The molecule has 0 spiro atoms. The van der Waals surface area contributed by atoms with Crippen LogP contribution in [0.5, 0.6) is 0 Å². The first kappa shape index (κ1) is 27.9. The van der Waals surface area contributed by atoms with Crippen molar-refractivity contribution in [3.05, 3.63) is 0 Å². The molecule has 0 aromatic rings. The Hall–Kier alpha value is -0.640. The molecule has 3 aliphatic rings. The Morgan fingerprint density at radius 2 is 1.32 bits per heavy atom. The molecule has 0 bridgehead atoms. The molecule has 0 aromatic heterocycles. The van der Waals surface area contributed by atoms with Crippen LogP contribution in [0.1, 0.15) is 0 Å². The Morgan fingerprint density at radius 3 is 1.88 bits per heavy atom. The predicted octanol–water partition coefficient (Wildman–Crippen LogP) is -7.57. The number of aliphatic hydroxyl groups is 11. The van der Waals surface area contributed by atoms with Gasteiger partial charge >= 0.3 is 0 Å². The van der Waals surface area contributed by atoms with Crippen molar-refractivity contribution in [2.45, 2.75) is 78.9 Å². The average Bonchev–Trinajstić information content (AvgIpc) is 3.08. The van der Waals surface area contributed by atoms with Gasteiger partial charge in [-0.05, 0) is 0 Å². The summed E-state index contributed by atoms with van der Waals surface area (Å²) in [6.45, 7) is -4.03. The summed E-state index contributed by atoms with van der Waals surface area (Å²) in [5.41, 5.74) is 0. The van der Waals surface area contributed by atoms with Crippen LogP contribution in [0.4, 0.5) is 0 Å². The van der Waals surface area contributed by atoms with E-state index < -0.39 is 112 Å². The molecule has 3 fully saturated rings. The van der Waals surface area contributed by atoms with Crippen LogP contribution in [-0.2, 0) is 23.7 Å². The van der Waals surface area contributed by atoms with E-state index in [1.807, 2.05) is 0 Å². The fourth-order valence-electron chi connectivity index (χ4n) is 4.03. The Morgan fingerprint density at radius 1 is 0.706 bits per heavy atom. The first-order valence-corrected chi connectivity index (χ1v) is 10.5. The molecule has 34 heavy (non-hydrogen) atoms. The van der Waals surface area contributed by atoms with E-state index in [4.69, 9.17) is 23.7 Å². The first-order chi connectivity index (χ1) is 16.0. The van der Waals surface area contributed by atoms with Crippen molar-refractivity contribution >= 4 is 0 Å². The van der Waals surface area contributed by atoms with Gasteiger partial charge in [-0.25, -0.2) is 0 Å². The van der Waals surface area contributed by atoms with E-state index in [1.54, 1.807) is 0 Å². The minimum absolute atomic E-state index is 0.511. The second kappa shape index (κ2) is 10.8. The zero-order chi connectivity index (χ0) is 25.4. The Kier molecular flexibility index (Phi) is 8.85. The zero-order valence-corrected chi connectivity index (χ0v) is 17.8. The Labute approximate surface area is 192 Å². The molecule has 0 aliphatic carbocycles. The fourth-order valence-corrected chi connectivity index (χ4v) is 4.03. The molecule has 200 valence electrons. The smallest absolute Gasteiger partial charge is 0.224 e.